The molecule has 6 heteroatoms. The number of hydrogen-bond acceptors (Lipinski definition) is 5. The fourth-order valence-corrected chi connectivity index (χ4v) is 2.44. The van der Waals surface area contributed by atoms with Gasteiger partial charge in [-0.1, -0.05) is 6.08 Å². The van der Waals surface area contributed by atoms with E-state index in [4.69, 9.17) is 13.7 Å². The highest BCUT2D eigenvalue weighted by Gasteiger charge is 2.52. The third-order valence-electron chi connectivity index (χ3n) is 4.49. The van der Waals surface area contributed by atoms with Gasteiger partial charge in [0.25, 0.3) is 6.01 Å². The number of aromatic nitrogens is 1. The molecule has 0 aromatic carbocycles. The van der Waals surface area contributed by atoms with E-state index in [1.807, 2.05) is 0 Å². The third-order valence-corrected chi connectivity index (χ3v) is 4.49. The topological polar surface area (TPSA) is 47.7 Å². The van der Waals surface area contributed by atoms with Crippen molar-refractivity contribution in [2.45, 2.75) is 45.3 Å². The first-order chi connectivity index (χ1) is 9.39. The van der Waals surface area contributed by atoms with Crippen molar-refractivity contribution in [2.24, 2.45) is 0 Å². The lowest BCUT2D eigenvalue weighted by Gasteiger charge is -2.32. The highest BCUT2D eigenvalue weighted by Crippen LogP contribution is 2.39. The molecule has 1 saturated heterocycles. The van der Waals surface area contributed by atoms with Gasteiger partial charge in [-0.15, -0.1) is 0 Å². The molecule has 1 aromatic heterocycles. The van der Waals surface area contributed by atoms with Crippen molar-refractivity contribution in [3.05, 3.63) is 24.0 Å². The maximum atomic E-state index is 6.08. The molecule has 0 aliphatic carbocycles. The summed E-state index contributed by atoms with van der Waals surface area (Å²) in [7, 11) is -0.230. The van der Waals surface area contributed by atoms with Gasteiger partial charge in [0.2, 0.25) is 0 Å². The van der Waals surface area contributed by atoms with E-state index in [2.05, 4.69) is 43.7 Å². The summed E-state index contributed by atoms with van der Waals surface area (Å²) in [5.41, 5.74) is 0.655. The van der Waals surface area contributed by atoms with Crippen LogP contribution in [0.5, 0.6) is 0 Å². The summed E-state index contributed by atoms with van der Waals surface area (Å²) in [6.45, 7) is 9.96. The van der Waals surface area contributed by atoms with Crippen molar-refractivity contribution in [3.8, 4) is 0 Å². The van der Waals surface area contributed by atoms with Crippen LogP contribution in [0.2, 0.25) is 0 Å². The maximum absolute atomic E-state index is 6.08. The summed E-state index contributed by atoms with van der Waals surface area (Å²) in [5.74, 6) is 0. The Morgan fingerprint density at radius 1 is 1.20 bits per heavy atom. The average Bonchev–Trinajstić information content (AvgIpc) is 2.97. The molecule has 0 saturated carbocycles. The first-order valence-corrected chi connectivity index (χ1v) is 7.08. The van der Waals surface area contributed by atoms with Gasteiger partial charge in [-0.25, -0.2) is 4.98 Å². The summed E-state index contributed by atoms with van der Waals surface area (Å²) < 4.78 is 17.5. The third kappa shape index (κ3) is 2.27. The van der Waals surface area contributed by atoms with E-state index in [0.717, 1.165) is 19.5 Å². The van der Waals surface area contributed by atoms with E-state index in [9.17, 15) is 0 Å². The Bertz CT molecular complexity index is 494. The quantitative estimate of drug-likeness (QED) is 0.776. The second-order valence-electron chi connectivity index (χ2n) is 6.38. The van der Waals surface area contributed by atoms with E-state index in [1.54, 1.807) is 12.5 Å². The summed E-state index contributed by atoms with van der Waals surface area (Å²) in [6, 6.07) is 0.675. The fraction of sp³-hybridized carbons (Fsp3) is 0.643. The molecule has 0 unspecified atom stereocenters. The Hall–Kier alpha value is -1.27. The number of nitrogens with zero attached hydrogens (tertiary/aromatic N) is 2. The van der Waals surface area contributed by atoms with Crippen LogP contribution in [0.3, 0.4) is 0 Å². The van der Waals surface area contributed by atoms with Gasteiger partial charge in [0, 0.05) is 13.1 Å². The predicted octanol–water partition coefficient (Wildman–Crippen LogP) is 2.44. The van der Waals surface area contributed by atoms with Gasteiger partial charge in [0.15, 0.2) is 0 Å². The highest BCUT2D eigenvalue weighted by atomic mass is 16.7. The van der Waals surface area contributed by atoms with E-state index >= 15 is 0 Å². The van der Waals surface area contributed by atoms with E-state index in [-0.39, 0.29) is 18.3 Å². The minimum atomic E-state index is -0.280. The van der Waals surface area contributed by atoms with Crippen LogP contribution in [0.1, 0.15) is 34.1 Å². The molecule has 0 spiro atoms. The number of oxazole rings is 1. The predicted molar refractivity (Wildman–Crippen MR) is 77.5 cm³/mol. The Labute approximate surface area is 120 Å². The maximum Gasteiger partial charge on any atom is 0.490 e. The molecule has 0 radical (unpaired) electrons. The molecule has 3 rings (SSSR count). The van der Waals surface area contributed by atoms with Crippen LogP contribution in [0.25, 0.3) is 0 Å². The average molecular weight is 276 g/mol. The van der Waals surface area contributed by atoms with Gasteiger partial charge >= 0.3 is 7.12 Å². The van der Waals surface area contributed by atoms with Crippen LogP contribution in [-0.2, 0) is 9.31 Å². The lowest BCUT2D eigenvalue weighted by Crippen LogP contribution is -2.41. The van der Waals surface area contributed by atoms with Gasteiger partial charge in [-0.05, 0) is 39.6 Å². The Kier molecular flexibility index (Phi) is 3.18. The molecule has 5 nitrogen and oxygen atoms in total. The molecular formula is C14H21BN2O3. The zero-order valence-electron chi connectivity index (χ0n) is 12.5. The highest BCUT2D eigenvalue weighted by molar-refractivity contribution is 6.54. The van der Waals surface area contributed by atoms with Crippen molar-refractivity contribution in [1.29, 1.82) is 0 Å². The first-order valence-electron chi connectivity index (χ1n) is 7.08. The molecular weight excluding hydrogens is 255 g/mol. The van der Waals surface area contributed by atoms with Crippen LogP contribution in [0, 0.1) is 0 Å². The van der Waals surface area contributed by atoms with Gasteiger partial charge in [0.05, 0.1) is 17.4 Å². The fourth-order valence-electron chi connectivity index (χ4n) is 2.44. The number of anilines is 1. The minimum Gasteiger partial charge on any atom is -0.432 e. The molecule has 0 N–H and O–H groups in total. The Balaban J connectivity index is 1.69. The number of hydrogen-bond donors (Lipinski definition) is 0. The molecule has 0 bridgehead atoms. The number of rotatable bonds is 2. The van der Waals surface area contributed by atoms with Gasteiger partial charge < -0.3 is 18.6 Å². The molecule has 0 atom stereocenters. The lowest BCUT2D eigenvalue weighted by molar-refractivity contribution is 0.00578. The summed E-state index contributed by atoms with van der Waals surface area (Å²) in [5, 5.41) is 0. The van der Waals surface area contributed by atoms with E-state index < -0.39 is 0 Å². The van der Waals surface area contributed by atoms with Crippen LogP contribution in [-0.4, -0.2) is 36.4 Å². The molecule has 0 amide bonds. The van der Waals surface area contributed by atoms with Crippen LogP contribution < -0.4 is 4.90 Å². The molecule has 1 fully saturated rings. The second kappa shape index (κ2) is 4.64. The molecule has 20 heavy (non-hydrogen) atoms. The SMILES string of the molecule is CC1(C)OB(C2=CCN(c3ncco3)CC2)OC1(C)C. The van der Waals surface area contributed by atoms with Crippen LogP contribution in [0.15, 0.2) is 28.4 Å². The van der Waals surface area contributed by atoms with Crippen molar-refractivity contribution >= 4 is 13.1 Å². The monoisotopic (exact) mass is 276 g/mol. The molecule has 3 heterocycles. The van der Waals surface area contributed by atoms with Crippen molar-refractivity contribution in [2.75, 3.05) is 18.0 Å². The summed E-state index contributed by atoms with van der Waals surface area (Å²) in [4.78, 5) is 6.28. The first kappa shape index (κ1) is 13.7. The zero-order valence-corrected chi connectivity index (χ0v) is 12.5. The second-order valence-corrected chi connectivity index (χ2v) is 6.38. The lowest BCUT2D eigenvalue weighted by atomic mass is 9.75. The molecule has 108 valence electrons. The van der Waals surface area contributed by atoms with E-state index in [0.29, 0.717) is 6.01 Å². The van der Waals surface area contributed by atoms with Crippen molar-refractivity contribution in [3.63, 3.8) is 0 Å². The molecule has 1 aromatic rings. The standard InChI is InChI=1S/C14H21BN2O3/c1-13(2)14(3,4)20-15(19-13)11-5-8-17(9-6-11)12-16-7-10-18-12/h5,7,10H,6,8-9H2,1-4H3. The Morgan fingerprint density at radius 2 is 1.90 bits per heavy atom. The Morgan fingerprint density at radius 3 is 2.40 bits per heavy atom. The largest absolute Gasteiger partial charge is 0.490 e. The van der Waals surface area contributed by atoms with Crippen LogP contribution >= 0.6 is 0 Å². The van der Waals surface area contributed by atoms with Gasteiger partial charge in [-0.2, -0.15) is 0 Å². The summed E-state index contributed by atoms with van der Waals surface area (Å²) >= 11 is 0. The molecule has 2 aliphatic rings. The van der Waals surface area contributed by atoms with Gasteiger partial charge in [0.1, 0.15) is 6.26 Å². The van der Waals surface area contributed by atoms with Gasteiger partial charge in [-0.3, -0.25) is 0 Å². The van der Waals surface area contributed by atoms with Crippen LogP contribution in [0.4, 0.5) is 6.01 Å². The van der Waals surface area contributed by atoms with Crippen molar-refractivity contribution < 1.29 is 13.7 Å². The summed E-state index contributed by atoms with van der Waals surface area (Å²) in [6.07, 6.45) is 6.33. The minimum absolute atomic E-state index is 0.230. The van der Waals surface area contributed by atoms with E-state index in [1.165, 1.54) is 5.47 Å². The van der Waals surface area contributed by atoms with Crippen molar-refractivity contribution in [1.82, 2.24) is 4.98 Å². The normalized spacial score (nSPS) is 24.9. The smallest absolute Gasteiger partial charge is 0.432 e. The molecule has 2 aliphatic heterocycles. The zero-order chi connectivity index (χ0) is 14.4.